The second kappa shape index (κ2) is 6.34. The number of carbonyl (C=O) groups excluding carboxylic acids is 1. The first-order valence-electron chi connectivity index (χ1n) is 6.03. The van der Waals surface area contributed by atoms with Gasteiger partial charge in [0, 0.05) is 17.6 Å². The molecule has 1 aromatic carbocycles. The lowest BCUT2D eigenvalue weighted by molar-refractivity contribution is -0.118. The van der Waals surface area contributed by atoms with Gasteiger partial charge in [-0.05, 0) is 43.3 Å². The van der Waals surface area contributed by atoms with Gasteiger partial charge in [0.2, 0.25) is 0 Å². The van der Waals surface area contributed by atoms with Gasteiger partial charge in [-0.15, -0.1) is 0 Å². The Hall–Kier alpha value is -2.87. The van der Waals surface area contributed by atoms with E-state index >= 15 is 0 Å². The van der Waals surface area contributed by atoms with Crippen molar-refractivity contribution in [3.63, 3.8) is 0 Å². The summed E-state index contributed by atoms with van der Waals surface area (Å²) in [6.07, 6.45) is 1.63. The van der Waals surface area contributed by atoms with E-state index < -0.39 is 0 Å². The monoisotopic (exact) mass is 267 g/mol. The van der Waals surface area contributed by atoms with Crippen molar-refractivity contribution in [2.75, 3.05) is 11.9 Å². The smallest absolute Gasteiger partial charge is 0.262 e. The molecule has 0 saturated carbocycles. The Bertz CT molecular complexity index is 645. The molecule has 5 nitrogen and oxygen atoms in total. The molecule has 1 amide bonds. The minimum Gasteiger partial charge on any atom is -0.484 e. The van der Waals surface area contributed by atoms with Gasteiger partial charge < -0.3 is 10.1 Å². The van der Waals surface area contributed by atoms with Crippen LogP contribution in [0, 0.1) is 18.3 Å². The Morgan fingerprint density at radius 3 is 2.75 bits per heavy atom. The standard InChI is InChI=1S/C15H13N3O2/c1-11-8-13(6-7-17-11)18-15(19)10-20-14-4-2-12(9-16)3-5-14/h2-8H,10H2,1H3,(H,17,18,19). The number of anilines is 1. The molecule has 0 spiro atoms. The van der Waals surface area contributed by atoms with Crippen LogP contribution in [0.4, 0.5) is 5.69 Å². The Morgan fingerprint density at radius 2 is 2.10 bits per heavy atom. The summed E-state index contributed by atoms with van der Waals surface area (Å²) in [5, 5.41) is 11.4. The van der Waals surface area contributed by atoms with E-state index in [0.29, 0.717) is 17.0 Å². The summed E-state index contributed by atoms with van der Waals surface area (Å²) >= 11 is 0. The zero-order chi connectivity index (χ0) is 14.4. The summed E-state index contributed by atoms with van der Waals surface area (Å²) in [5.41, 5.74) is 2.07. The van der Waals surface area contributed by atoms with Gasteiger partial charge in [0.25, 0.3) is 5.91 Å². The lowest BCUT2D eigenvalue weighted by Gasteiger charge is -2.07. The van der Waals surface area contributed by atoms with Crippen molar-refractivity contribution in [1.82, 2.24) is 4.98 Å². The summed E-state index contributed by atoms with van der Waals surface area (Å²) in [4.78, 5) is 15.8. The fraction of sp³-hybridized carbons (Fsp3) is 0.133. The number of aromatic nitrogens is 1. The van der Waals surface area contributed by atoms with E-state index in [2.05, 4.69) is 10.3 Å². The number of carbonyl (C=O) groups is 1. The molecule has 5 heteroatoms. The molecule has 1 N–H and O–H groups in total. The summed E-state index contributed by atoms with van der Waals surface area (Å²) < 4.78 is 5.33. The first-order valence-corrected chi connectivity index (χ1v) is 6.03. The van der Waals surface area contributed by atoms with Crippen molar-refractivity contribution in [2.45, 2.75) is 6.92 Å². The SMILES string of the molecule is Cc1cc(NC(=O)COc2ccc(C#N)cc2)ccn1. The third kappa shape index (κ3) is 3.82. The number of benzene rings is 1. The third-order valence-electron chi connectivity index (χ3n) is 2.53. The first kappa shape index (κ1) is 13.6. The van der Waals surface area contributed by atoms with E-state index in [0.717, 1.165) is 5.69 Å². The molecule has 100 valence electrons. The van der Waals surface area contributed by atoms with Crippen molar-refractivity contribution in [3.8, 4) is 11.8 Å². The van der Waals surface area contributed by atoms with Crippen LogP contribution in [0.1, 0.15) is 11.3 Å². The average molecular weight is 267 g/mol. The molecule has 20 heavy (non-hydrogen) atoms. The lowest BCUT2D eigenvalue weighted by Crippen LogP contribution is -2.20. The van der Waals surface area contributed by atoms with Crippen molar-refractivity contribution in [1.29, 1.82) is 5.26 Å². The molecule has 2 rings (SSSR count). The van der Waals surface area contributed by atoms with Crippen molar-refractivity contribution < 1.29 is 9.53 Å². The minimum absolute atomic E-state index is 0.0900. The predicted octanol–water partition coefficient (Wildman–Crippen LogP) is 2.28. The molecular formula is C15H13N3O2. The van der Waals surface area contributed by atoms with Gasteiger partial charge in [-0.2, -0.15) is 5.26 Å². The van der Waals surface area contributed by atoms with Crippen molar-refractivity contribution in [2.24, 2.45) is 0 Å². The highest BCUT2D eigenvalue weighted by Crippen LogP contribution is 2.12. The Balaban J connectivity index is 1.87. The summed E-state index contributed by atoms with van der Waals surface area (Å²) in [7, 11) is 0. The number of nitrogens with one attached hydrogen (secondary N) is 1. The summed E-state index contributed by atoms with van der Waals surface area (Å²) in [6.45, 7) is 1.76. The van der Waals surface area contributed by atoms with Gasteiger partial charge in [0.15, 0.2) is 6.61 Å². The number of ether oxygens (including phenoxy) is 1. The number of aryl methyl sites for hydroxylation is 1. The number of hydrogen-bond donors (Lipinski definition) is 1. The highest BCUT2D eigenvalue weighted by atomic mass is 16.5. The highest BCUT2D eigenvalue weighted by Gasteiger charge is 2.04. The molecule has 1 heterocycles. The number of hydrogen-bond acceptors (Lipinski definition) is 4. The number of nitriles is 1. The molecule has 0 radical (unpaired) electrons. The lowest BCUT2D eigenvalue weighted by atomic mass is 10.2. The highest BCUT2D eigenvalue weighted by molar-refractivity contribution is 5.91. The number of amides is 1. The fourth-order valence-corrected chi connectivity index (χ4v) is 1.59. The van der Waals surface area contributed by atoms with Crippen molar-refractivity contribution >= 4 is 11.6 Å². The minimum atomic E-state index is -0.250. The summed E-state index contributed by atoms with van der Waals surface area (Å²) in [5.74, 6) is 0.296. The Morgan fingerprint density at radius 1 is 1.35 bits per heavy atom. The molecular weight excluding hydrogens is 254 g/mol. The normalized spacial score (nSPS) is 9.60. The zero-order valence-corrected chi connectivity index (χ0v) is 11.0. The van der Waals surface area contributed by atoms with E-state index in [4.69, 9.17) is 10.00 Å². The van der Waals surface area contributed by atoms with Gasteiger partial charge in [-0.25, -0.2) is 0 Å². The molecule has 2 aromatic rings. The topological polar surface area (TPSA) is 75.0 Å². The molecule has 0 saturated heterocycles. The maximum absolute atomic E-state index is 11.7. The molecule has 0 aliphatic carbocycles. The zero-order valence-electron chi connectivity index (χ0n) is 11.0. The largest absolute Gasteiger partial charge is 0.484 e. The van der Waals surface area contributed by atoms with Gasteiger partial charge in [0.1, 0.15) is 5.75 Å². The number of nitrogens with zero attached hydrogens (tertiary/aromatic N) is 2. The fourth-order valence-electron chi connectivity index (χ4n) is 1.59. The quantitative estimate of drug-likeness (QED) is 0.922. The molecule has 0 bridgehead atoms. The second-order valence-corrected chi connectivity index (χ2v) is 4.16. The van der Waals surface area contributed by atoms with E-state index in [1.54, 1.807) is 42.6 Å². The molecule has 0 fully saturated rings. The molecule has 0 atom stereocenters. The van der Waals surface area contributed by atoms with Crippen LogP contribution in [-0.2, 0) is 4.79 Å². The van der Waals surface area contributed by atoms with Gasteiger partial charge in [-0.1, -0.05) is 0 Å². The molecule has 1 aromatic heterocycles. The van der Waals surface area contributed by atoms with Gasteiger partial charge >= 0.3 is 0 Å². The first-order chi connectivity index (χ1) is 9.67. The van der Waals surface area contributed by atoms with E-state index in [1.807, 2.05) is 13.0 Å². The van der Waals surface area contributed by atoms with Gasteiger partial charge in [-0.3, -0.25) is 9.78 Å². The number of pyridine rings is 1. The van der Waals surface area contributed by atoms with Crippen LogP contribution in [-0.4, -0.2) is 17.5 Å². The summed E-state index contributed by atoms with van der Waals surface area (Å²) in [6, 6.07) is 12.1. The van der Waals surface area contributed by atoms with Crippen LogP contribution in [0.25, 0.3) is 0 Å². The molecule has 0 unspecified atom stereocenters. The van der Waals surface area contributed by atoms with Crippen LogP contribution in [0.5, 0.6) is 5.75 Å². The van der Waals surface area contributed by atoms with E-state index in [1.165, 1.54) is 0 Å². The maximum Gasteiger partial charge on any atom is 0.262 e. The van der Waals surface area contributed by atoms with Crippen LogP contribution in [0.15, 0.2) is 42.6 Å². The second-order valence-electron chi connectivity index (χ2n) is 4.16. The van der Waals surface area contributed by atoms with Crippen molar-refractivity contribution in [3.05, 3.63) is 53.9 Å². The van der Waals surface area contributed by atoms with E-state index in [9.17, 15) is 4.79 Å². The number of rotatable bonds is 4. The third-order valence-corrected chi connectivity index (χ3v) is 2.53. The molecule has 0 aliphatic heterocycles. The van der Waals surface area contributed by atoms with Gasteiger partial charge in [0.05, 0.1) is 11.6 Å². The average Bonchev–Trinajstić information content (AvgIpc) is 2.46. The van der Waals surface area contributed by atoms with Crippen LogP contribution < -0.4 is 10.1 Å². The van der Waals surface area contributed by atoms with E-state index in [-0.39, 0.29) is 12.5 Å². The van der Waals surface area contributed by atoms with Crippen LogP contribution in [0.2, 0.25) is 0 Å². The molecule has 0 aliphatic rings. The Labute approximate surface area is 116 Å². The predicted molar refractivity (Wildman–Crippen MR) is 74.3 cm³/mol. The Kier molecular flexibility index (Phi) is 4.30. The maximum atomic E-state index is 11.7. The van der Waals surface area contributed by atoms with Crippen LogP contribution in [0.3, 0.4) is 0 Å². The van der Waals surface area contributed by atoms with Crippen LogP contribution >= 0.6 is 0 Å².